The lowest BCUT2D eigenvalue weighted by molar-refractivity contribution is 0.0929. The fourth-order valence-corrected chi connectivity index (χ4v) is 3.40. The molecule has 0 fully saturated rings. The number of amides is 1. The molecule has 3 rings (SSSR count). The molecule has 6 nitrogen and oxygen atoms in total. The van der Waals surface area contributed by atoms with E-state index < -0.39 is 5.91 Å². The summed E-state index contributed by atoms with van der Waals surface area (Å²) in [6, 6.07) is 10.8. The van der Waals surface area contributed by atoms with Crippen molar-refractivity contribution >= 4 is 55.0 Å². The van der Waals surface area contributed by atoms with Gasteiger partial charge in [0, 0.05) is 9.86 Å². The van der Waals surface area contributed by atoms with Gasteiger partial charge in [-0.3, -0.25) is 4.79 Å². The monoisotopic (exact) mass is 494 g/mol. The summed E-state index contributed by atoms with van der Waals surface area (Å²) in [7, 11) is 1.56. The Hall–Kier alpha value is -2.32. The van der Waals surface area contributed by atoms with Crippen molar-refractivity contribution in [2.24, 2.45) is 5.10 Å². The molecule has 0 unspecified atom stereocenters. The van der Waals surface area contributed by atoms with E-state index in [0.717, 1.165) is 19.9 Å². The first kappa shape index (κ1) is 19.4. The van der Waals surface area contributed by atoms with Crippen LogP contribution in [0.25, 0.3) is 11.0 Å². The molecular formula is C19H16Br2N2O4. The summed E-state index contributed by atoms with van der Waals surface area (Å²) in [6.45, 7) is 2.42. The van der Waals surface area contributed by atoms with Crippen LogP contribution in [0.2, 0.25) is 0 Å². The van der Waals surface area contributed by atoms with Gasteiger partial charge >= 0.3 is 5.91 Å². The molecule has 0 saturated heterocycles. The number of halogens is 2. The Morgan fingerprint density at radius 2 is 2.07 bits per heavy atom. The maximum atomic E-state index is 12.2. The first-order valence-corrected chi connectivity index (χ1v) is 9.63. The number of nitrogens with zero attached hydrogens (tertiary/aromatic N) is 1. The van der Waals surface area contributed by atoms with Crippen molar-refractivity contribution < 1.29 is 18.7 Å². The summed E-state index contributed by atoms with van der Waals surface area (Å²) in [4.78, 5) is 12.2. The van der Waals surface area contributed by atoms with Gasteiger partial charge in [0.1, 0.15) is 5.58 Å². The van der Waals surface area contributed by atoms with Crippen molar-refractivity contribution in [3.8, 4) is 11.5 Å². The lowest BCUT2D eigenvalue weighted by Crippen LogP contribution is -2.16. The quantitative estimate of drug-likeness (QED) is 0.380. The van der Waals surface area contributed by atoms with Gasteiger partial charge in [0.2, 0.25) is 0 Å². The summed E-state index contributed by atoms with van der Waals surface area (Å²) in [6.07, 6.45) is 1.51. The number of rotatable bonds is 6. The molecule has 0 bridgehead atoms. The van der Waals surface area contributed by atoms with E-state index in [9.17, 15) is 4.79 Å². The number of nitrogens with one attached hydrogen (secondary N) is 1. The molecule has 1 aromatic heterocycles. The van der Waals surface area contributed by atoms with E-state index in [-0.39, 0.29) is 5.76 Å². The molecule has 27 heavy (non-hydrogen) atoms. The van der Waals surface area contributed by atoms with Crippen LogP contribution in [0.5, 0.6) is 11.5 Å². The number of fused-ring (bicyclic) bond motifs is 1. The number of benzene rings is 2. The molecule has 0 spiro atoms. The van der Waals surface area contributed by atoms with Crippen LogP contribution >= 0.6 is 31.9 Å². The minimum Gasteiger partial charge on any atom is -0.493 e. The van der Waals surface area contributed by atoms with Crippen molar-refractivity contribution in [2.45, 2.75) is 6.92 Å². The molecule has 0 aliphatic heterocycles. The summed E-state index contributed by atoms with van der Waals surface area (Å²) < 4.78 is 18.1. The predicted octanol–water partition coefficient (Wildman–Crippen LogP) is 5.13. The van der Waals surface area contributed by atoms with E-state index in [0.29, 0.717) is 23.7 Å². The minimum atomic E-state index is -0.435. The number of carbonyl (C=O) groups is 1. The van der Waals surface area contributed by atoms with E-state index >= 15 is 0 Å². The summed E-state index contributed by atoms with van der Waals surface area (Å²) in [5, 5.41) is 4.82. The smallest absolute Gasteiger partial charge is 0.307 e. The second-order valence-corrected chi connectivity index (χ2v) is 7.23. The number of hydrazone groups is 1. The van der Waals surface area contributed by atoms with Gasteiger partial charge in [-0.2, -0.15) is 5.10 Å². The average Bonchev–Trinajstić information content (AvgIpc) is 3.06. The zero-order chi connectivity index (χ0) is 19.4. The molecule has 0 radical (unpaired) electrons. The van der Waals surface area contributed by atoms with Crippen molar-refractivity contribution in [3.63, 3.8) is 0 Å². The van der Waals surface area contributed by atoms with Gasteiger partial charge < -0.3 is 13.9 Å². The number of hydrogen-bond donors (Lipinski definition) is 1. The second kappa shape index (κ2) is 8.58. The SMILES string of the molecule is CCOc1c(Br)cc(/C=N/NC(=O)c2cc3cc(Br)ccc3o2)cc1OC. The van der Waals surface area contributed by atoms with Gasteiger partial charge in [-0.05, 0) is 64.8 Å². The molecule has 1 heterocycles. The zero-order valence-electron chi connectivity index (χ0n) is 14.6. The number of hydrogen-bond acceptors (Lipinski definition) is 5. The lowest BCUT2D eigenvalue weighted by atomic mass is 10.2. The summed E-state index contributed by atoms with van der Waals surface area (Å²) in [5.41, 5.74) is 3.82. The molecular weight excluding hydrogens is 480 g/mol. The van der Waals surface area contributed by atoms with Crippen LogP contribution in [0.4, 0.5) is 0 Å². The standard InChI is InChI=1S/C19H16Br2N2O4/c1-3-26-18-14(21)6-11(7-16(18)25-2)10-22-23-19(24)17-9-12-8-13(20)4-5-15(12)27-17/h4-10H,3H2,1-2H3,(H,23,24)/b22-10+. The highest BCUT2D eigenvalue weighted by molar-refractivity contribution is 9.10. The number of carbonyl (C=O) groups excluding carboxylic acids is 1. The zero-order valence-corrected chi connectivity index (χ0v) is 17.8. The Bertz CT molecular complexity index is 1010. The van der Waals surface area contributed by atoms with Crippen molar-refractivity contribution in [1.29, 1.82) is 0 Å². The van der Waals surface area contributed by atoms with Crippen LogP contribution in [-0.4, -0.2) is 25.8 Å². The lowest BCUT2D eigenvalue weighted by Gasteiger charge is -2.11. The molecule has 1 amide bonds. The highest BCUT2D eigenvalue weighted by Crippen LogP contribution is 2.36. The summed E-state index contributed by atoms with van der Waals surface area (Å²) in [5.74, 6) is 0.942. The van der Waals surface area contributed by atoms with Gasteiger partial charge in [-0.15, -0.1) is 0 Å². The summed E-state index contributed by atoms with van der Waals surface area (Å²) >= 11 is 6.84. The molecule has 0 aliphatic carbocycles. The molecule has 2 aromatic carbocycles. The Morgan fingerprint density at radius 1 is 1.26 bits per heavy atom. The fourth-order valence-electron chi connectivity index (χ4n) is 2.45. The topological polar surface area (TPSA) is 73.1 Å². The molecule has 140 valence electrons. The molecule has 0 aliphatic rings. The van der Waals surface area contributed by atoms with E-state index in [1.165, 1.54) is 6.21 Å². The second-order valence-electron chi connectivity index (χ2n) is 5.46. The third-order valence-electron chi connectivity index (χ3n) is 3.62. The van der Waals surface area contributed by atoms with E-state index in [4.69, 9.17) is 13.9 Å². The number of methoxy groups -OCH3 is 1. The maximum Gasteiger partial charge on any atom is 0.307 e. The van der Waals surface area contributed by atoms with Crippen LogP contribution in [0.3, 0.4) is 0 Å². The Morgan fingerprint density at radius 3 is 2.81 bits per heavy atom. The van der Waals surface area contributed by atoms with Crippen LogP contribution in [-0.2, 0) is 0 Å². The normalized spacial score (nSPS) is 11.1. The Balaban J connectivity index is 1.74. The maximum absolute atomic E-state index is 12.2. The number of ether oxygens (including phenoxy) is 2. The van der Waals surface area contributed by atoms with Gasteiger partial charge in [0.25, 0.3) is 0 Å². The molecule has 0 saturated carbocycles. The number of furan rings is 1. The van der Waals surface area contributed by atoms with Crippen LogP contribution in [0, 0.1) is 0 Å². The first-order valence-electron chi connectivity index (χ1n) is 8.04. The molecule has 0 atom stereocenters. The molecule has 1 N–H and O–H groups in total. The third-order valence-corrected chi connectivity index (χ3v) is 4.70. The fraction of sp³-hybridized carbons (Fsp3) is 0.158. The average molecular weight is 496 g/mol. The highest BCUT2D eigenvalue weighted by Gasteiger charge is 2.13. The predicted molar refractivity (Wildman–Crippen MR) is 111 cm³/mol. The molecule has 8 heteroatoms. The third kappa shape index (κ3) is 4.51. The van der Waals surface area contributed by atoms with Gasteiger partial charge in [0.15, 0.2) is 17.3 Å². The minimum absolute atomic E-state index is 0.186. The van der Waals surface area contributed by atoms with Crippen LogP contribution in [0.15, 0.2) is 54.9 Å². The van der Waals surface area contributed by atoms with Gasteiger partial charge in [-0.1, -0.05) is 15.9 Å². The van der Waals surface area contributed by atoms with Crippen molar-refractivity contribution in [3.05, 3.63) is 56.7 Å². The van der Waals surface area contributed by atoms with E-state index in [1.807, 2.05) is 25.1 Å². The highest BCUT2D eigenvalue weighted by atomic mass is 79.9. The Labute approximate surface area is 172 Å². The van der Waals surface area contributed by atoms with Crippen molar-refractivity contribution in [2.75, 3.05) is 13.7 Å². The van der Waals surface area contributed by atoms with Crippen molar-refractivity contribution in [1.82, 2.24) is 5.43 Å². The largest absolute Gasteiger partial charge is 0.493 e. The van der Waals surface area contributed by atoms with Gasteiger partial charge in [0.05, 0.1) is 24.4 Å². The molecule has 3 aromatic rings. The van der Waals surface area contributed by atoms with Crippen LogP contribution in [0.1, 0.15) is 23.0 Å². The van der Waals surface area contributed by atoms with E-state index in [2.05, 4.69) is 42.4 Å². The first-order chi connectivity index (χ1) is 13.0. The van der Waals surface area contributed by atoms with Gasteiger partial charge in [-0.25, -0.2) is 5.43 Å². The van der Waals surface area contributed by atoms with Crippen LogP contribution < -0.4 is 14.9 Å². The Kier molecular flexibility index (Phi) is 6.18. The van der Waals surface area contributed by atoms with E-state index in [1.54, 1.807) is 25.3 Å².